The fourth-order valence-electron chi connectivity index (χ4n) is 5.08. The fourth-order valence-corrected chi connectivity index (χ4v) is 5.08. The van der Waals surface area contributed by atoms with E-state index in [1.807, 2.05) is 6.07 Å². The smallest absolute Gasteiger partial charge is 0.314 e. The molecule has 2 N–H and O–H groups in total. The summed E-state index contributed by atoms with van der Waals surface area (Å²) >= 11 is 0. The molecule has 0 saturated carbocycles. The fraction of sp³-hybridized carbons (Fsp3) is 0.444. The van der Waals surface area contributed by atoms with Gasteiger partial charge in [0.15, 0.2) is 0 Å². The van der Waals surface area contributed by atoms with Crippen LogP contribution in [0.15, 0.2) is 49.1 Å². The number of H-pyrrole nitrogens is 1. The molecule has 1 aromatic carbocycles. The number of nitrogens with zero attached hydrogens (tertiary/aromatic N) is 6. The number of pyridine rings is 1. The van der Waals surface area contributed by atoms with Gasteiger partial charge in [0.2, 0.25) is 0 Å². The van der Waals surface area contributed by atoms with Crippen LogP contribution in [-0.2, 0) is 9.59 Å². The molecule has 0 spiro atoms. The number of hydrogen-bond acceptors (Lipinski definition) is 6. The Morgan fingerprint density at radius 1 is 1.03 bits per heavy atom. The summed E-state index contributed by atoms with van der Waals surface area (Å²) in [5, 5.41) is 16.0. The van der Waals surface area contributed by atoms with Crippen LogP contribution in [-0.4, -0.2) is 79.8 Å². The number of benzene rings is 1. The summed E-state index contributed by atoms with van der Waals surface area (Å²) in [4.78, 5) is 32.3. The van der Waals surface area contributed by atoms with Gasteiger partial charge in [-0.05, 0) is 57.8 Å². The van der Waals surface area contributed by atoms with Crippen LogP contribution in [0.3, 0.4) is 0 Å². The number of aromatic nitrogens is 5. The van der Waals surface area contributed by atoms with E-state index in [2.05, 4.69) is 73.5 Å². The van der Waals surface area contributed by atoms with Gasteiger partial charge in [0.25, 0.3) is 0 Å². The highest BCUT2D eigenvalue weighted by Crippen LogP contribution is 2.23. The van der Waals surface area contributed by atoms with Gasteiger partial charge in [0, 0.05) is 36.3 Å². The number of piperidine rings is 2. The van der Waals surface area contributed by atoms with Crippen molar-refractivity contribution in [2.24, 2.45) is 5.92 Å². The molecule has 10 nitrogen and oxygen atoms in total. The maximum Gasteiger partial charge on any atom is 0.314 e. The molecule has 1 unspecified atom stereocenters. The van der Waals surface area contributed by atoms with E-state index >= 15 is 0 Å². The number of aromatic amines is 1. The molecule has 3 aromatic heterocycles. The van der Waals surface area contributed by atoms with Crippen LogP contribution < -0.4 is 5.32 Å². The van der Waals surface area contributed by atoms with Crippen LogP contribution in [0.1, 0.15) is 38.6 Å². The van der Waals surface area contributed by atoms with Gasteiger partial charge in [-0.2, -0.15) is 10.2 Å². The molecule has 194 valence electrons. The molecular weight excluding hydrogens is 468 g/mol. The summed E-state index contributed by atoms with van der Waals surface area (Å²) in [6.07, 6.45) is 11.4. The molecule has 37 heavy (non-hydrogen) atoms. The standard InChI is InChI=1S/C14H17N5O2.C13H17N3/c1-9-3-2-4-19(8-9)14(21)13(20)17-11-7-15-5-10-6-16-18-12(10)11;1-15-8-6-12(7-9-15)16-10-11-4-2-3-5-13(11)14-16/h5-7,9H,2-4,8H2,1H3,(H,16,18)(H,17,20);2-5,10,12H,6-9H2,1H3. The minimum Gasteiger partial charge on any atom is -0.334 e. The molecule has 0 aliphatic carbocycles. The van der Waals surface area contributed by atoms with Crippen molar-refractivity contribution in [3.8, 4) is 0 Å². The van der Waals surface area contributed by atoms with Gasteiger partial charge in [0.05, 0.1) is 35.2 Å². The Hall–Kier alpha value is -3.79. The lowest BCUT2D eigenvalue weighted by Gasteiger charge is -2.30. The Labute approximate surface area is 216 Å². The van der Waals surface area contributed by atoms with Gasteiger partial charge in [-0.25, -0.2) is 0 Å². The zero-order chi connectivity index (χ0) is 25.8. The summed E-state index contributed by atoms with van der Waals surface area (Å²) in [7, 11) is 2.19. The van der Waals surface area contributed by atoms with Gasteiger partial charge in [-0.1, -0.05) is 25.1 Å². The quantitative estimate of drug-likeness (QED) is 0.406. The summed E-state index contributed by atoms with van der Waals surface area (Å²) in [5.74, 6) is -0.681. The summed E-state index contributed by atoms with van der Waals surface area (Å²) in [5.41, 5.74) is 2.24. The average molecular weight is 503 g/mol. The zero-order valence-corrected chi connectivity index (χ0v) is 21.4. The molecular formula is C27H34N8O2. The molecule has 1 atom stereocenters. The highest BCUT2D eigenvalue weighted by molar-refractivity contribution is 6.40. The van der Waals surface area contributed by atoms with Crippen LogP contribution in [0.5, 0.6) is 0 Å². The number of rotatable bonds is 2. The number of anilines is 1. The number of hydrogen-bond donors (Lipinski definition) is 2. The van der Waals surface area contributed by atoms with Crippen molar-refractivity contribution in [3.63, 3.8) is 0 Å². The minimum absolute atomic E-state index is 0.438. The topological polar surface area (TPSA) is 112 Å². The largest absolute Gasteiger partial charge is 0.334 e. The first kappa shape index (κ1) is 24.9. The number of likely N-dealkylation sites (tertiary alicyclic amines) is 2. The Morgan fingerprint density at radius 3 is 2.62 bits per heavy atom. The lowest BCUT2D eigenvalue weighted by molar-refractivity contribution is -0.144. The second kappa shape index (κ2) is 11.1. The third-order valence-electron chi connectivity index (χ3n) is 7.24. The van der Waals surface area contributed by atoms with Crippen molar-refractivity contribution in [1.82, 2.24) is 34.8 Å². The molecule has 2 fully saturated rings. The Morgan fingerprint density at radius 2 is 1.84 bits per heavy atom. The van der Waals surface area contributed by atoms with Crippen molar-refractivity contribution < 1.29 is 9.59 Å². The summed E-state index contributed by atoms with van der Waals surface area (Å²) in [6.45, 7) is 5.73. The van der Waals surface area contributed by atoms with Gasteiger partial charge in [-0.3, -0.25) is 24.4 Å². The average Bonchev–Trinajstić information content (AvgIpc) is 3.57. The highest BCUT2D eigenvalue weighted by Gasteiger charge is 2.26. The lowest BCUT2D eigenvalue weighted by atomic mass is 10.0. The minimum atomic E-state index is -0.631. The van der Waals surface area contributed by atoms with Gasteiger partial charge < -0.3 is 15.1 Å². The third-order valence-corrected chi connectivity index (χ3v) is 7.24. The van der Waals surface area contributed by atoms with Crippen molar-refractivity contribution >= 4 is 39.3 Å². The van der Waals surface area contributed by atoms with Crippen LogP contribution in [0.4, 0.5) is 5.69 Å². The Bertz CT molecular complexity index is 1340. The molecule has 5 heterocycles. The number of amides is 2. The predicted molar refractivity (Wildman–Crippen MR) is 143 cm³/mol. The number of carbonyl (C=O) groups is 2. The molecule has 2 saturated heterocycles. The van der Waals surface area contributed by atoms with E-state index in [0.717, 1.165) is 23.7 Å². The van der Waals surface area contributed by atoms with Gasteiger partial charge >= 0.3 is 11.8 Å². The molecule has 4 aromatic rings. The Kier molecular flexibility index (Phi) is 7.45. The van der Waals surface area contributed by atoms with Crippen LogP contribution in [0.2, 0.25) is 0 Å². The van der Waals surface area contributed by atoms with E-state index in [9.17, 15) is 9.59 Å². The summed E-state index contributed by atoms with van der Waals surface area (Å²) in [6, 6.07) is 8.93. The van der Waals surface area contributed by atoms with Crippen LogP contribution in [0.25, 0.3) is 21.8 Å². The number of carbonyl (C=O) groups excluding carboxylic acids is 2. The van der Waals surface area contributed by atoms with Gasteiger partial charge in [0.1, 0.15) is 0 Å². The molecule has 2 aliphatic heterocycles. The number of fused-ring (bicyclic) bond motifs is 2. The first-order valence-corrected chi connectivity index (χ1v) is 13.0. The van der Waals surface area contributed by atoms with Crippen molar-refractivity contribution in [3.05, 3.63) is 49.1 Å². The van der Waals surface area contributed by atoms with E-state index in [1.54, 1.807) is 17.3 Å². The molecule has 0 bridgehead atoms. The van der Waals surface area contributed by atoms with E-state index in [1.165, 1.54) is 37.5 Å². The van der Waals surface area contributed by atoms with Crippen LogP contribution in [0, 0.1) is 5.92 Å². The van der Waals surface area contributed by atoms with Crippen LogP contribution >= 0.6 is 0 Å². The second-order valence-corrected chi connectivity index (χ2v) is 10.2. The zero-order valence-electron chi connectivity index (χ0n) is 21.4. The van der Waals surface area contributed by atoms with E-state index < -0.39 is 11.8 Å². The van der Waals surface area contributed by atoms with E-state index in [-0.39, 0.29) is 0 Å². The van der Waals surface area contributed by atoms with E-state index in [0.29, 0.717) is 36.3 Å². The predicted octanol–water partition coefficient (Wildman–Crippen LogP) is 3.46. The number of nitrogens with one attached hydrogen (secondary N) is 2. The molecule has 2 amide bonds. The Balaban J connectivity index is 0.000000157. The molecule has 0 radical (unpaired) electrons. The first-order chi connectivity index (χ1) is 18.0. The first-order valence-electron chi connectivity index (χ1n) is 13.0. The maximum absolute atomic E-state index is 12.2. The molecule has 2 aliphatic rings. The molecule has 10 heteroatoms. The van der Waals surface area contributed by atoms with Crippen molar-refractivity contribution in [1.29, 1.82) is 0 Å². The normalized spacial score (nSPS) is 19.0. The summed E-state index contributed by atoms with van der Waals surface area (Å²) < 4.78 is 2.16. The van der Waals surface area contributed by atoms with Crippen molar-refractivity contribution in [2.45, 2.75) is 38.6 Å². The van der Waals surface area contributed by atoms with Crippen molar-refractivity contribution in [2.75, 3.05) is 38.5 Å². The van der Waals surface area contributed by atoms with E-state index in [4.69, 9.17) is 0 Å². The maximum atomic E-state index is 12.2. The van der Waals surface area contributed by atoms with Gasteiger partial charge in [-0.15, -0.1) is 0 Å². The SMILES string of the molecule is CC1CCCN(C(=O)C(=O)Nc2cncc3cn[nH]c23)C1.CN1CCC(n2cc3ccccc3n2)CC1. The highest BCUT2D eigenvalue weighted by atomic mass is 16.2. The lowest BCUT2D eigenvalue weighted by Crippen LogP contribution is -2.44. The molecule has 6 rings (SSSR count). The monoisotopic (exact) mass is 502 g/mol. The third kappa shape index (κ3) is 5.80. The second-order valence-electron chi connectivity index (χ2n) is 10.2.